The third-order valence-electron chi connectivity index (χ3n) is 3.73. The SMILES string of the molecule is O=C(CCCCCCCn1ccnc1)N1CCSCC1. The number of carbonyl (C=O) groups is 1. The number of rotatable bonds is 8. The van der Waals surface area contributed by atoms with E-state index in [1.54, 1.807) is 0 Å². The molecule has 4 nitrogen and oxygen atoms in total. The first kappa shape index (κ1) is 15.4. The number of hydrogen-bond donors (Lipinski definition) is 0. The largest absolute Gasteiger partial charge is 0.341 e. The average Bonchev–Trinajstić information content (AvgIpc) is 3.00. The summed E-state index contributed by atoms with van der Waals surface area (Å²) in [5, 5.41) is 0. The zero-order valence-corrected chi connectivity index (χ0v) is 13.0. The second kappa shape index (κ2) is 9.06. The van der Waals surface area contributed by atoms with Crippen LogP contribution in [0.2, 0.25) is 0 Å². The highest BCUT2D eigenvalue weighted by Crippen LogP contribution is 2.12. The predicted octanol–water partition coefficient (Wildman–Crippen LogP) is 2.80. The summed E-state index contributed by atoms with van der Waals surface area (Å²) in [4.78, 5) is 18.0. The van der Waals surface area contributed by atoms with E-state index in [2.05, 4.69) is 9.55 Å². The van der Waals surface area contributed by atoms with Crippen LogP contribution in [0.3, 0.4) is 0 Å². The highest BCUT2D eigenvalue weighted by atomic mass is 32.2. The van der Waals surface area contributed by atoms with Crippen molar-refractivity contribution in [2.45, 2.75) is 45.1 Å². The van der Waals surface area contributed by atoms with Crippen LogP contribution >= 0.6 is 11.8 Å². The molecule has 0 N–H and O–H groups in total. The van der Waals surface area contributed by atoms with Crippen LogP contribution < -0.4 is 0 Å². The van der Waals surface area contributed by atoms with Crippen LogP contribution in [-0.2, 0) is 11.3 Å². The van der Waals surface area contributed by atoms with Crippen molar-refractivity contribution in [3.8, 4) is 0 Å². The molecule has 1 aliphatic heterocycles. The van der Waals surface area contributed by atoms with Crippen molar-refractivity contribution >= 4 is 17.7 Å². The van der Waals surface area contributed by atoms with Crippen LogP contribution in [0.25, 0.3) is 0 Å². The van der Waals surface area contributed by atoms with Crippen molar-refractivity contribution in [2.24, 2.45) is 0 Å². The van der Waals surface area contributed by atoms with E-state index in [1.807, 2.05) is 35.4 Å². The van der Waals surface area contributed by atoms with Gasteiger partial charge in [0.05, 0.1) is 6.33 Å². The van der Waals surface area contributed by atoms with Crippen molar-refractivity contribution in [3.05, 3.63) is 18.7 Å². The smallest absolute Gasteiger partial charge is 0.222 e. The van der Waals surface area contributed by atoms with Crippen LogP contribution in [0.1, 0.15) is 38.5 Å². The Morgan fingerprint density at radius 2 is 1.85 bits per heavy atom. The monoisotopic (exact) mass is 295 g/mol. The molecule has 0 radical (unpaired) electrons. The third kappa shape index (κ3) is 5.57. The Labute approximate surface area is 125 Å². The van der Waals surface area contributed by atoms with Gasteiger partial charge in [0.1, 0.15) is 0 Å². The first-order chi connectivity index (χ1) is 9.86. The molecule has 2 heterocycles. The van der Waals surface area contributed by atoms with E-state index in [9.17, 15) is 4.79 Å². The highest BCUT2D eigenvalue weighted by Gasteiger charge is 2.15. The van der Waals surface area contributed by atoms with Gasteiger partial charge in [-0.2, -0.15) is 11.8 Å². The molecule has 1 saturated heterocycles. The first-order valence-corrected chi connectivity index (χ1v) is 8.83. The van der Waals surface area contributed by atoms with Gasteiger partial charge in [0.25, 0.3) is 0 Å². The number of hydrogen-bond acceptors (Lipinski definition) is 3. The Balaban J connectivity index is 1.44. The maximum atomic E-state index is 11.9. The summed E-state index contributed by atoms with van der Waals surface area (Å²) in [7, 11) is 0. The Kier molecular flexibility index (Phi) is 6.98. The average molecular weight is 295 g/mol. The molecule has 0 aliphatic carbocycles. The topological polar surface area (TPSA) is 38.1 Å². The fourth-order valence-corrected chi connectivity index (χ4v) is 3.39. The molecule has 0 aromatic carbocycles. The summed E-state index contributed by atoms with van der Waals surface area (Å²) in [6.07, 6.45) is 12.4. The molecule has 0 bridgehead atoms. The van der Waals surface area contributed by atoms with Gasteiger partial charge >= 0.3 is 0 Å². The van der Waals surface area contributed by atoms with E-state index in [4.69, 9.17) is 0 Å². The lowest BCUT2D eigenvalue weighted by atomic mass is 10.1. The van der Waals surface area contributed by atoms with E-state index < -0.39 is 0 Å². The Hall–Kier alpha value is -0.970. The highest BCUT2D eigenvalue weighted by molar-refractivity contribution is 7.99. The second-order valence-corrected chi connectivity index (χ2v) is 6.54. The lowest BCUT2D eigenvalue weighted by Crippen LogP contribution is -2.37. The Morgan fingerprint density at radius 3 is 2.60 bits per heavy atom. The second-order valence-electron chi connectivity index (χ2n) is 5.31. The van der Waals surface area contributed by atoms with Gasteiger partial charge in [-0.25, -0.2) is 4.98 Å². The van der Waals surface area contributed by atoms with Gasteiger partial charge in [0, 0.05) is 50.0 Å². The van der Waals surface area contributed by atoms with Gasteiger partial charge in [0.2, 0.25) is 5.91 Å². The summed E-state index contributed by atoms with van der Waals surface area (Å²) in [5.74, 6) is 2.59. The molecule has 112 valence electrons. The third-order valence-corrected chi connectivity index (χ3v) is 4.67. The zero-order chi connectivity index (χ0) is 14.0. The van der Waals surface area contributed by atoms with E-state index in [-0.39, 0.29) is 0 Å². The normalized spacial score (nSPS) is 15.5. The summed E-state index contributed by atoms with van der Waals surface area (Å²) >= 11 is 1.95. The number of carbonyl (C=O) groups excluding carboxylic acids is 1. The van der Waals surface area contributed by atoms with E-state index in [0.717, 1.165) is 44.0 Å². The summed E-state index contributed by atoms with van der Waals surface area (Å²) in [6, 6.07) is 0. The molecule has 1 aliphatic rings. The van der Waals surface area contributed by atoms with Crippen LogP contribution in [0.4, 0.5) is 0 Å². The van der Waals surface area contributed by atoms with Crippen LogP contribution in [0, 0.1) is 0 Å². The number of nitrogens with zero attached hydrogens (tertiary/aromatic N) is 3. The number of thioether (sulfide) groups is 1. The van der Waals surface area contributed by atoms with Gasteiger partial charge in [0.15, 0.2) is 0 Å². The van der Waals surface area contributed by atoms with Gasteiger partial charge in [-0.1, -0.05) is 19.3 Å². The minimum absolute atomic E-state index is 0.365. The maximum absolute atomic E-state index is 11.9. The molecule has 1 fully saturated rings. The summed E-state index contributed by atoms with van der Waals surface area (Å²) in [5.41, 5.74) is 0. The molecule has 0 spiro atoms. The number of aryl methyl sites for hydroxylation is 1. The Morgan fingerprint density at radius 1 is 1.10 bits per heavy atom. The molecule has 1 amide bonds. The van der Waals surface area contributed by atoms with Gasteiger partial charge in [-0.3, -0.25) is 4.79 Å². The molecule has 5 heteroatoms. The van der Waals surface area contributed by atoms with Crippen LogP contribution in [-0.4, -0.2) is 45.0 Å². The van der Waals surface area contributed by atoms with Crippen molar-refractivity contribution in [2.75, 3.05) is 24.6 Å². The van der Waals surface area contributed by atoms with Crippen LogP contribution in [0.15, 0.2) is 18.7 Å². The standard InChI is InChI=1S/C15H25N3OS/c19-15(18-10-12-20-13-11-18)6-4-2-1-3-5-8-17-9-7-16-14-17/h7,9,14H,1-6,8,10-13H2. The molecule has 20 heavy (non-hydrogen) atoms. The summed E-state index contributed by atoms with van der Waals surface area (Å²) in [6.45, 7) is 2.97. The first-order valence-electron chi connectivity index (χ1n) is 7.67. The van der Waals surface area contributed by atoms with Gasteiger partial charge < -0.3 is 9.47 Å². The fourth-order valence-electron chi connectivity index (χ4n) is 2.49. The van der Waals surface area contributed by atoms with Crippen molar-refractivity contribution in [1.29, 1.82) is 0 Å². The lowest BCUT2D eigenvalue weighted by Gasteiger charge is -2.26. The molecular formula is C15H25N3OS. The molecule has 1 aromatic rings. The lowest BCUT2D eigenvalue weighted by molar-refractivity contribution is -0.130. The van der Waals surface area contributed by atoms with E-state index >= 15 is 0 Å². The van der Waals surface area contributed by atoms with E-state index in [1.165, 1.54) is 25.7 Å². The number of unbranched alkanes of at least 4 members (excludes halogenated alkanes) is 4. The molecule has 1 aromatic heterocycles. The van der Waals surface area contributed by atoms with Gasteiger partial charge in [-0.15, -0.1) is 0 Å². The minimum Gasteiger partial charge on any atom is -0.341 e. The van der Waals surface area contributed by atoms with E-state index in [0.29, 0.717) is 5.91 Å². The maximum Gasteiger partial charge on any atom is 0.222 e. The number of aromatic nitrogens is 2. The van der Waals surface area contributed by atoms with Crippen molar-refractivity contribution < 1.29 is 4.79 Å². The molecule has 0 atom stereocenters. The minimum atomic E-state index is 0.365. The summed E-state index contributed by atoms with van der Waals surface area (Å²) < 4.78 is 2.12. The predicted molar refractivity (Wildman–Crippen MR) is 83.8 cm³/mol. The van der Waals surface area contributed by atoms with Crippen molar-refractivity contribution in [3.63, 3.8) is 0 Å². The zero-order valence-electron chi connectivity index (χ0n) is 12.2. The number of amides is 1. The molecule has 2 rings (SSSR count). The quantitative estimate of drug-likeness (QED) is 0.692. The Bertz CT molecular complexity index is 374. The van der Waals surface area contributed by atoms with Gasteiger partial charge in [-0.05, 0) is 12.8 Å². The molecular weight excluding hydrogens is 270 g/mol. The molecule has 0 saturated carbocycles. The van der Waals surface area contributed by atoms with Crippen LogP contribution in [0.5, 0.6) is 0 Å². The number of imidazole rings is 1. The molecule has 0 unspecified atom stereocenters. The fraction of sp³-hybridized carbons (Fsp3) is 0.733. The van der Waals surface area contributed by atoms with Crippen molar-refractivity contribution in [1.82, 2.24) is 14.5 Å².